The lowest BCUT2D eigenvalue weighted by molar-refractivity contribution is -0.132. The molecule has 150 valence electrons. The van der Waals surface area contributed by atoms with Crippen LogP contribution in [0.3, 0.4) is 0 Å². The summed E-state index contributed by atoms with van der Waals surface area (Å²) in [6.45, 7) is 4.35. The van der Waals surface area contributed by atoms with E-state index in [0.29, 0.717) is 31.7 Å². The van der Waals surface area contributed by atoms with Crippen LogP contribution in [-0.4, -0.2) is 82.2 Å². The highest BCUT2D eigenvalue weighted by Gasteiger charge is 2.29. The third-order valence-corrected chi connectivity index (χ3v) is 4.79. The highest BCUT2D eigenvalue weighted by molar-refractivity contribution is 5.95. The van der Waals surface area contributed by atoms with Crippen LogP contribution in [0.2, 0.25) is 0 Å². The fraction of sp³-hybridized carbons (Fsp3) is 0.600. The average Bonchev–Trinajstić information content (AvgIpc) is 2.66. The third-order valence-electron chi connectivity index (χ3n) is 4.79. The van der Waals surface area contributed by atoms with E-state index >= 15 is 0 Å². The molecule has 1 heterocycles. The van der Waals surface area contributed by atoms with E-state index in [9.17, 15) is 9.59 Å². The molecule has 1 atom stereocenters. The Morgan fingerprint density at radius 1 is 1.30 bits per heavy atom. The summed E-state index contributed by atoms with van der Waals surface area (Å²) < 4.78 is 11.0. The Bertz CT molecular complexity index is 663. The predicted molar refractivity (Wildman–Crippen MR) is 106 cm³/mol. The number of fused-ring (bicyclic) bond motifs is 1. The van der Waals surface area contributed by atoms with E-state index in [-0.39, 0.29) is 17.9 Å². The Hall–Kier alpha value is -2.28. The monoisotopic (exact) mass is 377 g/mol. The maximum atomic E-state index is 12.8. The molecule has 0 radical (unpaired) electrons. The highest BCUT2D eigenvalue weighted by Crippen LogP contribution is 2.34. The van der Waals surface area contributed by atoms with Crippen LogP contribution < -0.4 is 9.64 Å². The zero-order valence-electron chi connectivity index (χ0n) is 17.0. The summed E-state index contributed by atoms with van der Waals surface area (Å²) in [4.78, 5) is 30.4. The number of likely N-dealkylation sites (N-methyl/N-ethyl adjacent to an activating group) is 1. The number of hydrogen-bond acceptors (Lipinski definition) is 5. The van der Waals surface area contributed by atoms with Crippen LogP contribution in [0.1, 0.15) is 30.1 Å². The molecule has 0 saturated carbocycles. The number of anilines is 1. The summed E-state index contributed by atoms with van der Waals surface area (Å²) in [5.74, 6) is 0.776. The standard InChI is InChI=1S/C20H31N3O4/c1-6-9-23(10-11-26-5)19(24)13-16-14-27-18-8-7-15(20(25)21(2)3)12-17(18)22(16)4/h7-8,12,16H,6,9-11,13-14H2,1-5H3/t16-/m0/s1. The minimum Gasteiger partial charge on any atom is -0.489 e. The molecule has 2 rings (SSSR count). The predicted octanol–water partition coefficient (Wildman–Crippen LogP) is 1.86. The van der Waals surface area contributed by atoms with Crippen molar-refractivity contribution < 1.29 is 19.1 Å². The Morgan fingerprint density at radius 3 is 2.67 bits per heavy atom. The van der Waals surface area contributed by atoms with E-state index in [4.69, 9.17) is 9.47 Å². The van der Waals surface area contributed by atoms with E-state index in [1.165, 1.54) is 0 Å². The fourth-order valence-corrected chi connectivity index (χ4v) is 3.16. The van der Waals surface area contributed by atoms with Crippen molar-refractivity contribution in [2.75, 3.05) is 59.5 Å². The molecule has 0 aromatic heterocycles. The van der Waals surface area contributed by atoms with Crippen LogP contribution in [0, 0.1) is 0 Å². The fourth-order valence-electron chi connectivity index (χ4n) is 3.16. The molecule has 0 N–H and O–H groups in total. The van der Waals surface area contributed by atoms with Crippen molar-refractivity contribution in [3.8, 4) is 5.75 Å². The quantitative estimate of drug-likeness (QED) is 0.692. The zero-order chi connectivity index (χ0) is 20.0. The molecule has 2 amide bonds. The first-order valence-electron chi connectivity index (χ1n) is 9.37. The third kappa shape index (κ3) is 5.13. The van der Waals surface area contributed by atoms with Gasteiger partial charge < -0.3 is 24.2 Å². The lowest BCUT2D eigenvalue weighted by atomic mass is 10.1. The molecule has 7 nitrogen and oxygen atoms in total. The molecule has 1 aliphatic rings. The SMILES string of the molecule is CCCN(CCOC)C(=O)C[C@H]1COc2ccc(C(=O)N(C)C)cc2N1C. The molecule has 0 fully saturated rings. The van der Waals surface area contributed by atoms with Gasteiger partial charge in [0.25, 0.3) is 5.91 Å². The smallest absolute Gasteiger partial charge is 0.253 e. The Balaban J connectivity index is 2.12. The van der Waals surface area contributed by atoms with Gasteiger partial charge in [-0.15, -0.1) is 0 Å². The van der Waals surface area contributed by atoms with Gasteiger partial charge in [0.05, 0.1) is 24.8 Å². The van der Waals surface area contributed by atoms with Gasteiger partial charge in [-0.3, -0.25) is 9.59 Å². The number of benzene rings is 1. The molecule has 1 aliphatic heterocycles. The van der Waals surface area contributed by atoms with Gasteiger partial charge in [0.1, 0.15) is 12.4 Å². The summed E-state index contributed by atoms with van der Waals surface area (Å²) in [6, 6.07) is 5.36. The van der Waals surface area contributed by atoms with Gasteiger partial charge in [-0.2, -0.15) is 0 Å². The number of ether oxygens (including phenoxy) is 2. The van der Waals surface area contributed by atoms with Crippen molar-refractivity contribution in [1.29, 1.82) is 0 Å². The van der Waals surface area contributed by atoms with E-state index in [1.54, 1.807) is 32.2 Å². The molecule has 0 aliphatic carbocycles. The van der Waals surface area contributed by atoms with E-state index in [2.05, 4.69) is 6.92 Å². The molecule has 0 saturated heterocycles. The number of carbonyl (C=O) groups is 2. The minimum atomic E-state index is -0.0726. The molecule has 1 aromatic carbocycles. The second kappa shape index (κ2) is 9.60. The largest absolute Gasteiger partial charge is 0.489 e. The van der Waals surface area contributed by atoms with Crippen LogP contribution in [0.15, 0.2) is 18.2 Å². The molecule has 0 bridgehead atoms. The van der Waals surface area contributed by atoms with Gasteiger partial charge in [0.15, 0.2) is 0 Å². The summed E-state index contributed by atoms with van der Waals surface area (Å²) in [7, 11) is 7.04. The van der Waals surface area contributed by atoms with Crippen LogP contribution in [0.25, 0.3) is 0 Å². The first kappa shape index (κ1) is 21.0. The molecule has 7 heteroatoms. The van der Waals surface area contributed by atoms with Crippen molar-refractivity contribution in [3.63, 3.8) is 0 Å². The topological polar surface area (TPSA) is 62.3 Å². The lowest BCUT2D eigenvalue weighted by Crippen LogP contribution is -2.45. The number of amides is 2. The minimum absolute atomic E-state index is 0.0573. The maximum absolute atomic E-state index is 12.8. The molecular formula is C20H31N3O4. The first-order valence-corrected chi connectivity index (χ1v) is 9.37. The Kier molecular flexibility index (Phi) is 7.47. The lowest BCUT2D eigenvalue weighted by Gasteiger charge is -2.36. The van der Waals surface area contributed by atoms with Crippen LogP contribution in [0.5, 0.6) is 5.75 Å². The van der Waals surface area contributed by atoms with Gasteiger partial charge in [0, 0.05) is 46.9 Å². The van der Waals surface area contributed by atoms with Crippen molar-refractivity contribution in [3.05, 3.63) is 23.8 Å². The number of carbonyl (C=O) groups excluding carboxylic acids is 2. The van der Waals surface area contributed by atoms with Crippen LogP contribution in [0.4, 0.5) is 5.69 Å². The molecule has 27 heavy (non-hydrogen) atoms. The summed E-state index contributed by atoms with van der Waals surface area (Å²) in [5, 5.41) is 0. The van der Waals surface area contributed by atoms with Crippen molar-refractivity contribution in [1.82, 2.24) is 9.80 Å². The summed E-state index contributed by atoms with van der Waals surface area (Å²) in [6.07, 6.45) is 1.27. The summed E-state index contributed by atoms with van der Waals surface area (Å²) in [5.41, 5.74) is 1.44. The van der Waals surface area contributed by atoms with Crippen molar-refractivity contribution in [2.24, 2.45) is 0 Å². The van der Waals surface area contributed by atoms with Gasteiger partial charge in [0.2, 0.25) is 5.91 Å². The average molecular weight is 377 g/mol. The second-order valence-corrected chi connectivity index (χ2v) is 7.04. The maximum Gasteiger partial charge on any atom is 0.253 e. The van der Waals surface area contributed by atoms with Gasteiger partial charge in [-0.1, -0.05) is 6.92 Å². The number of methoxy groups -OCH3 is 1. The Morgan fingerprint density at radius 2 is 2.04 bits per heavy atom. The molecular weight excluding hydrogens is 346 g/mol. The van der Waals surface area contributed by atoms with Gasteiger partial charge in [-0.25, -0.2) is 0 Å². The van der Waals surface area contributed by atoms with Gasteiger partial charge >= 0.3 is 0 Å². The number of rotatable bonds is 8. The molecule has 0 spiro atoms. The zero-order valence-corrected chi connectivity index (χ0v) is 17.0. The summed E-state index contributed by atoms with van der Waals surface area (Å²) >= 11 is 0. The van der Waals surface area contributed by atoms with E-state index in [1.807, 2.05) is 29.0 Å². The van der Waals surface area contributed by atoms with E-state index in [0.717, 1.165) is 24.4 Å². The van der Waals surface area contributed by atoms with Crippen molar-refractivity contribution >= 4 is 17.5 Å². The highest BCUT2D eigenvalue weighted by atomic mass is 16.5. The molecule has 1 aromatic rings. The van der Waals surface area contributed by atoms with Crippen LogP contribution >= 0.6 is 0 Å². The first-order chi connectivity index (χ1) is 12.9. The normalized spacial score (nSPS) is 15.7. The second-order valence-electron chi connectivity index (χ2n) is 7.04. The Labute approximate surface area is 161 Å². The number of nitrogens with zero attached hydrogens (tertiary/aromatic N) is 3. The van der Waals surface area contributed by atoms with E-state index < -0.39 is 0 Å². The van der Waals surface area contributed by atoms with Crippen LogP contribution in [-0.2, 0) is 9.53 Å². The molecule has 0 unspecified atom stereocenters. The van der Waals surface area contributed by atoms with Crippen molar-refractivity contribution in [2.45, 2.75) is 25.8 Å². The number of hydrogen-bond donors (Lipinski definition) is 0. The van der Waals surface area contributed by atoms with Gasteiger partial charge in [-0.05, 0) is 24.6 Å².